The normalized spacial score (nSPS) is 20.1. The van der Waals surface area contributed by atoms with Crippen molar-refractivity contribution in [1.29, 1.82) is 0 Å². The lowest BCUT2D eigenvalue weighted by Gasteiger charge is -2.32. The van der Waals surface area contributed by atoms with Crippen molar-refractivity contribution < 1.29 is 22.7 Å². The molecule has 1 aromatic heterocycles. The summed E-state index contributed by atoms with van der Waals surface area (Å²) in [6.07, 6.45) is 1.30. The van der Waals surface area contributed by atoms with E-state index in [9.17, 15) is 18.0 Å². The first-order chi connectivity index (χ1) is 13.8. The van der Waals surface area contributed by atoms with Crippen LogP contribution in [0, 0.1) is 5.92 Å². The molecule has 1 aromatic carbocycles. The molecule has 0 radical (unpaired) electrons. The second kappa shape index (κ2) is 7.89. The number of fused-ring (bicyclic) bond motifs is 1. The molecule has 4 rings (SSSR count). The highest BCUT2D eigenvalue weighted by molar-refractivity contribution is 7.90. The molecule has 1 fully saturated rings. The maximum Gasteiger partial charge on any atom is 0.311 e. The maximum atomic E-state index is 12.5. The van der Waals surface area contributed by atoms with E-state index in [1.54, 1.807) is 35.2 Å². The van der Waals surface area contributed by atoms with Crippen LogP contribution in [0.2, 0.25) is 4.34 Å². The lowest BCUT2D eigenvalue weighted by atomic mass is 9.97. The zero-order valence-electron chi connectivity index (χ0n) is 15.2. The Kier molecular flexibility index (Phi) is 5.46. The Labute approximate surface area is 177 Å². The number of piperidine rings is 1. The number of amidine groups is 1. The lowest BCUT2D eigenvalue weighted by Crippen LogP contribution is -2.43. The molecule has 29 heavy (non-hydrogen) atoms. The SMILES string of the molecule is O=C(COC(=O)C1CCCN(C2=NS(=O)(=O)c3ccccc32)C1)c1ccc(Cl)s1. The molecule has 3 heterocycles. The summed E-state index contributed by atoms with van der Waals surface area (Å²) in [7, 11) is -3.72. The molecule has 2 aliphatic rings. The predicted octanol–water partition coefficient (Wildman–Crippen LogP) is 2.99. The second-order valence-electron chi connectivity index (χ2n) is 6.81. The van der Waals surface area contributed by atoms with Gasteiger partial charge in [-0.15, -0.1) is 15.7 Å². The van der Waals surface area contributed by atoms with Crippen molar-refractivity contribution in [2.75, 3.05) is 19.7 Å². The van der Waals surface area contributed by atoms with Gasteiger partial charge in [-0.25, -0.2) is 0 Å². The van der Waals surface area contributed by atoms with Crippen molar-refractivity contribution in [2.45, 2.75) is 17.7 Å². The highest BCUT2D eigenvalue weighted by atomic mass is 35.5. The van der Waals surface area contributed by atoms with Gasteiger partial charge in [0.05, 0.1) is 15.1 Å². The Bertz CT molecular complexity index is 1110. The van der Waals surface area contributed by atoms with E-state index in [1.807, 2.05) is 0 Å². The minimum absolute atomic E-state index is 0.180. The number of ether oxygens (including phenoxy) is 1. The number of rotatable bonds is 4. The van der Waals surface area contributed by atoms with Gasteiger partial charge in [-0.1, -0.05) is 23.7 Å². The summed E-state index contributed by atoms with van der Waals surface area (Å²) in [5.41, 5.74) is 0.547. The Morgan fingerprint density at radius 1 is 1.24 bits per heavy atom. The van der Waals surface area contributed by atoms with Gasteiger partial charge in [0.1, 0.15) is 4.90 Å². The summed E-state index contributed by atoms with van der Waals surface area (Å²) in [6, 6.07) is 9.87. The summed E-state index contributed by atoms with van der Waals surface area (Å²) >= 11 is 6.96. The van der Waals surface area contributed by atoms with Crippen LogP contribution in [0.1, 0.15) is 28.1 Å². The number of nitrogens with zero attached hydrogens (tertiary/aromatic N) is 2. The number of sulfonamides is 1. The highest BCUT2D eigenvalue weighted by Gasteiger charge is 2.35. The fourth-order valence-corrected chi connectivity index (χ4v) is 5.66. The molecule has 1 unspecified atom stereocenters. The minimum atomic E-state index is -3.72. The fraction of sp³-hybridized carbons (Fsp3) is 0.316. The minimum Gasteiger partial charge on any atom is -0.457 e. The average Bonchev–Trinajstić information content (AvgIpc) is 3.27. The number of ketones is 1. The van der Waals surface area contributed by atoms with Crippen molar-refractivity contribution in [3.63, 3.8) is 0 Å². The van der Waals surface area contributed by atoms with Crippen LogP contribution < -0.4 is 0 Å². The molecular formula is C19H17ClN2O5S2. The maximum absolute atomic E-state index is 12.5. The molecule has 0 amide bonds. The Balaban J connectivity index is 1.42. The van der Waals surface area contributed by atoms with Crippen LogP contribution in [0.25, 0.3) is 0 Å². The number of benzene rings is 1. The largest absolute Gasteiger partial charge is 0.457 e. The zero-order chi connectivity index (χ0) is 20.6. The number of likely N-dealkylation sites (tertiary alicyclic amines) is 1. The molecule has 1 saturated heterocycles. The van der Waals surface area contributed by atoms with Crippen molar-refractivity contribution in [3.8, 4) is 0 Å². The van der Waals surface area contributed by atoms with E-state index in [2.05, 4.69) is 4.40 Å². The van der Waals surface area contributed by atoms with Crippen molar-refractivity contribution in [2.24, 2.45) is 10.3 Å². The molecule has 7 nitrogen and oxygen atoms in total. The Morgan fingerprint density at radius 3 is 2.79 bits per heavy atom. The van der Waals surface area contributed by atoms with Crippen molar-refractivity contribution >= 4 is 50.5 Å². The zero-order valence-corrected chi connectivity index (χ0v) is 17.6. The molecular weight excluding hydrogens is 436 g/mol. The molecule has 0 bridgehead atoms. The smallest absolute Gasteiger partial charge is 0.311 e. The lowest BCUT2D eigenvalue weighted by molar-refractivity contribution is -0.148. The standard InChI is InChI=1S/C19H17ClN2O5S2/c20-17-8-7-15(28-17)14(23)11-27-19(24)12-4-3-9-22(10-12)18-13-5-1-2-6-16(13)29(25,26)21-18/h1-2,5-8,12H,3-4,9-11H2. The number of carbonyl (C=O) groups is 2. The van der Waals surface area contributed by atoms with E-state index in [0.29, 0.717) is 46.5 Å². The van der Waals surface area contributed by atoms with Crippen LogP contribution in [-0.4, -0.2) is 50.6 Å². The topological polar surface area (TPSA) is 93.1 Å². The molecule has 10 heteroatoms. The van der Waals surface area contributed by atoms with E-state index >= 15 is 0 Å². The van der Waals surface area contributed by atoms with Crippen LogP contribution in [0.15, 0.2) is 45.7 Å². The molecule has 2 aliphatic heterocycles. The number of halogens is 1. The molecule has 0 aliphatic carbocycles. The van der Waals surface area contributed by atoms with Gasteiger partial charge < -0.3 is 9.64 Å². The van der Waals surface area contributed by atoms with Crippen molar-refractivity contribution in [3.05, 3.63) is 51.2 Å². The van der Waals surface area contributed by atoms with Crippen molar-refractivity contribution in [1.82, 2.24) is 4.90 Å². The number of thiophene rings is 1. The van der Waals surface area contributed by atoms with E-state index < -0.39 is 21.9 Å². The van der Waals surface area contributed by atoms with E-state index in [-0.39, 0.29) is 17.3 Å². The van der Waals surface area contributed by atoms with Crippen LogP contribution in [0.4, 0.5) is 0 Å². The third-order valence-corrected chi connectivity index (χ3v) is 7.46. The molecule has 2 aromatic rings. The first-order valence-corrected chi connectivity index (χ1v) is 11.6. The third kappa shape index (κ3) is 4.08. The molecule has 0 N–H and O–H groups in total. The van der Waals surface area contributed by atoms with Gasteiger partial charge in [0, 0.05) is 18.7 Å². The average molecular weight is 453 g/mol. The van der Waals surface area contributed by atoms with Gasteiger partial charge in [0.15, 0.2) is 12.4 Å². The Hall–Kier alpha value is -2.23. The summed E-state index contributed by atoms with van der Waals surface area (Å²) in [5.74, 6) is -0.868. The third-order valence-electron chi connectivity index (χ3n) is 4.86. The summed E-state index contributed by atoms with van der Waals surface area (Å²) in [4.78, 5) is 27.0. The Morgan fingerprint density at radius 2 is 2.03 bits per heavy atom. The fourth-order valence-electron chi connectivity index (χ4n) is 3.47. The quantitative estimate of drug-likeness (QED) is 0.523. The number of hydrogen-bond acceptors (Lipinski definition) is 7. The van der Waals surface area contributed by atoms with Gasteiger partial charge >= 0.3 is 5.97 Å². The number of hydrogen-bond donors (Lipinski definition) is 0. The molecule has 0 spiro atoms. The summed E-state index contributed by atoms with van der Waals surface area (Å²) in [5, 5.41) is 0. The van der Waals surface area contributed by atoms with Gasteiger partial charge in [0.2, 0.25) is 5.78 Å². The number of Topliss-reactive ketones (excluding diaryl/α,β-unsaturated/α-hetero) is 1. The molecule has 152 valence electrons. The molecule has 0 saturated carbocycles. The van der Waals surface area contributed by atoms with Gasteiger partial charge in [-0.3, -0.25) is 9.59 Å². The highest BCUT2D eigenvalue weighted by Crippen LogP contribution is 2.30. The van der Waals surface area contributed by atoms with Gasteiger partial charge in [-0.2, -0.15) is 8.42 Å². The monoisotopic (exact) mass is 452 g/mol. The van der Waals surface area contributed by atoms with Crippen LogP contribution in [-0.2, 0) is 19.6 Å². The first-order valence-electron chi connectivity index (χ1n) is 8.99. The van der Waals surface area contributed by atoms with E-state index in [0.717, 1.165) is 11.3 Å². The van der Waals surface area contributed by atoms with E-state index in [4.69, 9.17) is 16.3 Å². The van der Waals surface area contributed by atoms with Crippen LogP contribution in [0.5, 0.6) is 0 Å². The molecule has 1 atom stereocenters. The second-order valence-corrected chi connectivity index (χ2v) is 10.1. The van der Waals surface area contributed by atoms with Gasteiger partial charge in [-0.05, 0) is 37.1 Å². The first kappa shape index (κ1) is 20.1. The number of esters is 1. The predicted molar refractivity (Wildman–Crippen MR) is 109 cm³/mol. The number of carbonyl (C=O) groups excluding carboxylic acids is 2. The van der Waals surface area contributed by atoms with E-state index in [1.165, 1.54) is 6.07 Å². The summed E-state index contributed by atoms with van der Waals surface area (Å²) < 4.78 is 34.2. The summed E-state index contributed by atoms with van der Waals surface area (Å²) in [6.45, 7) is 0.546. The van der Waals surface area contributed by atoms with Crippen LogP contribution in [0.3, 0.4) is 0 Å². The van der Waals surface area contributed by atoms with Gasteiger partial charge in [0.25, 0.3) is 10.0 Å². The van der Waals surface area contributed by atoms with Crippen LogP contribution >= 0.6 is 22.9 Å².